The van der Waals surface area contributed by atoms with Gasteiger partial charge in [-0.2, -0.15) is 9.61 Å². The second-order valence-electron chi connectivity index (χ2n) is 6.82. The Labute approximate surface area is 159 Å². The van der Waals surface area contributed by atoms with Gasteiger partial charge >= 0.3 is 0 Å². The summed E-state index contributed by atoms with van der Waals surface area (Å²) in [7, 11) is 0. The molecule has 3 aromatic rings. The molecular formula is C20H26N6O. The number of anilines is 1. The Kier molecular flexibility index (Phi) is 5.60. The Morgan fingerprint density at radius 2 is 2.11 bits per heavy atom. The first-order chi connectivity index (χ1) is 13.3. The zero-order valence-electron chi connectivity index (χ0n) is 15.7. The Balaban J connectivity index is 1.58. The molecule has 4 heterocycles. The van der Waals surface area contributed by atoms with Crippen LogP contribution in [0.15, 0.2) is 42.9 Å². The van der Waals surface area contributed by atoms with E-state index < -0.39 is 0 Å². The molecule has 4 rings (SSSR count). The lowest BCUT2D eigenvalue weighted by atomic mass is 10.1. The highest BCUT2D eigenvalue weighted by molar-refractivity contribution is 5.49. The molecule has 142 valence electrons. The van der Waals surface area contributed by atoms with Crippen LogP contribution in [0.4, 0.5) is 5.82 Å². The minimum atomic E-state index is 0.232. The molecule has 1 aliphatic heterocycles. The molecule has 1 N–H and O–H groups in total. The van der Waals surface area contributed by atoms with Crippen LogP contribution in [-0.4, -0.2) is 57.3 Å². The Morgan fingerprint density at radius 3 is 2.89 bits per heavy atom. The van der Waals surface area contributed by atoms with Crippen molar-refractivity contribution in [2.75, 3.05) is 38.2 Å². The van der Waals surface area contributed by atoms with Crippen LogP contribution in [0.5, 0.6) is 0 Å². The van der Waals surface area contributed by atoms with Gasteiger partial charge in [-0.05, 0) is 18.1 Å². The third-order valence-electron chi connectivity index (χ3n) is 4.95. The van der Waals surface area contributed by atoms with Crippen molar-refractivity contribution < 1.29 is 4.74 Å². The van der Waals surface area contributed by atoms with Crippen molar-refractivity contribution in [1.29, 1.82) is 0 Å². The van der Waals surface area contributed by atoms with Crippen LogP contribution < -0.4 is 5.32 Å². The minimum absolute atomic E-state index is 0.232. The molecular weight excluding hydrogens is 340 g/mol. The summed E-state index contributed by atoms with van der Waals surface area (Å²) in [4.78, 5) is 11.5. The number of pyridine rings is 1. The van der Waals surface area contributed by atoms with Gasteiger partial charge < -0.3 is 10.1 Å². The topological polar surface area (TPSA) is 67.6 Å². The van der Waals surface area contributed by atoms with Crippen molar-refractivity contribution in [1.82, 2.24) is 24.5 Å². The number of hydrogen-bond donors (Lipinski definition) is 1. The van der Waals surface area contributed by atoms with Crippen LogP contribution in [0.25, 0.3) is 5.65 Å². The highest BCUT2D eigenvalue weighted by atomic mass is 16.5. The SMILES string of the molecule is CCCc1cc(NC[C@@H](c2cccnc2)N2CCOCC2)n2nccc2n1. The van der Waals surface area contributed by atoms with Gasteiger partial charge in [-0.3, -0.25) is 9.88 Å². The van der Waals surface area contributed by atoms with Gasteiger partial charge in [0, 0.05) is 49.9 Å². The van der Waals surface area contributed by atoms with Gasteiger partial charge in [0.15, 0.2) is 5.65 Å². The van der Waals surface area contributed by atoms with E-state index in [1.807, 2.05) is 29.0 Å². The van der Waals surface area contributed by atoms with Crippen molar-refractivity contribution in [3.8, 4) is 0 Å². The van der Waals surface area contributed by atoms with E-state index in [0.29, 0.717) is 0 Å². The molecule has 0 amide bonds. The van der Waals surface area contributed by atoms with Gasteiger partial charge in [0.05, 0.1) is 25.5 Å². The molecule has 0 unspecified atom stereocenters. The number of rotatable bonds is 7. The summed E-state index contributed by atoms with van der Waals surface area (Å²) in [5.41, 5.74) is 3.19. The summed E-state index contributed by atoms with van der Waals surface area (Å²) in [5.74, 6) is 0.982. The van der Waals surface area contributed by atoms with E-state index in [2.05, 4.69) is 44.3 Å². The summed E-state index contributed by atoms with van der Waals surface area (Å²) < 4.78 is 7.41. The number of nitrogens with one attached hydrogen (secondary N) is 1. The van der Waals surface area contributed by atoms with E-state index in [4.69, 9.17) is 4.74 Å². The number of morpholine rings is 1. The standard InChI is InChI=1S/C20H26N6O/c1-2-4-17-13-20(26-19(24-17)6-8-23-26)22-15-18(16-5-3-7-21-14-16)25-9-11-27-12-10-25/h3,5-8,13-14,18,22H,2,4,9-12,15H2,1H3/t18-/m0/s1. The van der Waals surface area contributed by atoms with Crippen LogP contribution >= 0.6 is 0 Å². The normalized spacial score (nSPS) is 16.5. The zero-order chi connectivity index (χ0) is 18.5. The van der Waals surface area contributed by atoms with Crippen LogP contribution in [0, 0.1) is 0 Å². The lowest BCUT2D eigenvalue weighted by molar-refractivity contribution is 0.0186. The van der Waals surface area contributed by atoms with Gasteiger partial charge in [0.25, 0.3) is 0 Å². The summed E-state index contributed by atoms with van der Waals surface area (Å²) >= 11 is 0. The molecule has 1 fully saturated rings. The van der Waals surface area contributed by atoms with E-state index in [1.54, 1.807) is 6.20 Å². The molecule has 0 saturated carbocycles. The molecule has 1 atom stereocenters. The minimum Gasteiger partial charge on any atom is -0.379 e. The fourth-order valence-electron chi connectivity index (χ4n) is 3.60. The van der Waals surface area contributed by atoms with Gasteiger partial charge in [-0.25, -0.2) is 4.98 Å². The third kappa shape index (κ3) is 4.09. The summed E-state index contributed by atoms with van der Waals surface area (Å²) in [6.07, 6.45) is 7.61. The highest BCUT2D eigenvalue weighted by Gasteiger charge is 2.23. The third-order valence-corrected chi connectivity index (χ3v) is 4.95. The molecule has 0 aromatic carbocycles. The molecule has 0 bridgehead atoms. The summed E-state index contributed by atoms with van der Waals surface area (Å²) in [6, 6.07) is 8.44. The molecule has 7 heteroatoms. The quantitative estimate of drug-likeness (QED) is 0.693. The average Bonchev–Trinajstić information content (AvgIpc) is 3.19. The molecule has 0 spiro atoms. The molecule has 0 aliphatic carbocycles. The fourth-order valence-corrected chi connectivity index (χ4v) is 3.60. The first-order valence-electron chi connectivity index (χ1n) is 9.64. The highest BCUT2D eigenvalue weighted by Crippen LogP contribution is 2.23. The van der Waals surface area contributed by atoms with Crippen molar-refractivity contribution in [3.05, 3.63) is 54.1 Å². The lowest BCUT2D eigenvalue weighted by Gasteiger charge is -2.35. The smallest absolute Gasteiger partial charge is 0.157 e. The average molecular weight is 366 g/mol. The summed E-state index contributed by atoms with van der Waals surface area (Å²) in [5, 5.41) is 8.05. The predicted molar refractivity (Wildman–Crippen MR) is 105 cm³/mol. The van der Waals surface area contributed by atoms with E-state index >= 15 is 0 Å². The van der Waals surface area contributed by atoms with Crippen molar-refractivity contribution in [2.24, 2.45) is 0 Å². The molecule has 1 aliphatic rings. The van der Waals surface area contributed by atoms with Crippen molar-refractivity contribution >= 4 is 11.5 Å². The monoisotopic (exact) mass is 366 g/mol. The number of aryl methyl sites for hydroxylation is 1. The number of fused-ring (bicyclic) bond motifs is 1. The van der Waals surface area contributed by atoms with Crippen molar-refractivity contribution in [3.63, 3.8) is 0 Å². The first-order valence-corrected chi connectivity index (χ1v) is 9.64. The molecule has 1 saturated heterocycles. The number of aromatic nitrogens is 4. The van der Waals surface area contributed by atoms with E-state index in [-0.39, 0.29) is 6.04 Å². The second kappa shape index (κ2) is 8.45. The molecule has 7 nitrogen and oxygen atoms in total. The summed E-state index contributed by atoms with van der Waals surface area (Å²) in [6.45, 7) is 6.35. The first kappa shape index (κ1) is 17.9. The number of ether oxygens (including phenoxy) is 1. The van der Waals surface area contributed by atoms with Gasteiger partial charge in [0.2, 0.25) is 0 Å². The van der Waals surface area contributed by atoms with Crippen LogP contribution in [-0.2, 0) is 11.2 Å². The Morgan fingerprint density at radius 1 is 1.22 bits per heavy atom. The van der Waals surface area contributed by atoms with Crippen LogP contribution in [0.1, 0.15) is 30.6 Å². The molecule has 3 aromatic heterocycles. The molecule has 27 heavy (non-hydrogen) atoms. The van der Waals surface area contributed by atoms with Gasteiger partial charge in [-0.1, -0.05) is 19.4 Å². The maximum Gasteiger partial charge on any atom is 0.157 e. The maximum atomic E-state index is 5.54. The zero-order valence-corrected chi connectivity index (χ0v) is 15.7. The van der Waals surface area contributed by atoms with E-state index in [0.717, 1.165) is 62.8 Å². The molecule has 0 radical (unpaired) electrons. The second-order valence-corrected chi connectivity index (χ2v) is 6.82. The number of hydrogen-bond acceptors (Lipinski definition) is 6. The fraction of sp³-hybridized carbons (Fsp3) is 0.450. The van der Waals surface area contributed by atoms with Crippen LogP contribution in [0.2, 0.25) is 0 Å². The van der Waals surface area contributed by atoms with Crippen molar-refractivity contribution in [2.45, 2.75) is 25.8 Å². The van der Waals surface area contributed by atoms with E-state index in [9.17, 15) is 0 Å². The lowest BCUT2D eigenvalue weighted by Crippen LogP contribution is -2.41. The maximum absolute atomic E-state index is 5.54. The van der Waals surface area contributed by atoms with Gasteiger partial charge in [-0.15, -0.1) is 0 Å². The predicted octanol–water partition coefficient (Wildman–Crippen LogP) is 2.56. The Bertz CT molecular complexity index is 859. The van der Waals surface area contributed by atoms with Gasteiger partial charge in [0.1, 0.15) is 5.82 Å². The van der Waals surface area contributed by atoms with E-state index in [1.165, 1.54) is 5.56 Å². The van der Waals surface area contributed by atoms with Crippen LogP contribution in [0.3, 0.4) is 0 Å². The largest absolute Gasteiger partial charge is 0.379 e. The Hall–Kier alpha value is -2.51. The number of nitrogens with zero attached hydrogens (tertiary/aromatic N) is 5.